The fourth-order valence-corrected chi connectivity index (χ4v) is 1.98. The number of rotatable bonds is 3. The third kappa shape index (κ3) is 3.22. The molecule has 4 nitrogen and oxygen atoms in total. The van der Waals surface area contributed by atoms with Gasteiger partial charge in [-0.3, -0.25) is 4.79 Å². The van der Waals surface area contributed by atoms with Gasteiger partial charge >= 0.3 is 0 Å². The van der Waals surface area contributed by atoms with E-state index in [9.17, 15) is 4.79 Å². The molecule has 0 aliphatic rings. The molecule has 0 spiro atoms. The third-order valence-corrected chi connectivity index (χ3v) is 3.11. The van der Waals surface area contributed by atoms with Gasteiger partial charge in [0.05, 0.1) is 5.56 Å². The number of nitrogen functional groups attached to an aromatic ring is 1. The van der Waals surface area contributed by atoms with Gasteiger partial charge in [-0.2, -0.15) is 0 Å². The van der Waals surface area contributed by atoms with E-state index >= 15 is 0 Å². The SMILES string of the molecule is CN(C)c1cccc(NC(=O)c2ccc(Cl)cc2N)c1. The number of nitrogens with zero attached hydrogens (tertiary/aromatic N) is 1. The van der Waals surface area contributed by atoms with Gasteiger partial charge in [-0.05, 0) is 36.4 Å². The summed E-state index contributed by atoms with van der Waals surface area (Å²) in [5.41, 5.74) is 8.29. The second-order valence-electron chi connectivity index (χ2n) is 4.63. The zero-order valence-corrected chi connectivity index (χ0v) is 12.1. The number of hydrogen-bond acceptors (Lipinski definition) is 3. The molecule has 0 unspecified atom stereocenters. The Morgan fingerprint density at radius 2 is 1.95 bits per heavy atom. The van der Waals surface area contributed by atoms with Crippen molar-refractivity contribution in [3.8, 4) is 0 Å². The molecular weight excluding hydrogens is 274 g/mol. The first-order valence-corrected chi connectivity index (χ1v) is 6.49. The lowest BCUT2D eigenvalue weighted by Gasteiger charge is -2.14. The summed E-state index contributed by atoms with van der Waals surface area (Å²) in [5.74, 6) is -0.255. The Hall–Kier alpha value is -2.20. The fraction of sp³-hybridized carbons (Fsp3) is 0.133. The van der Waals surface area contributed by atoms with E-state index in [-0.39, 0.29) is 5.91 Å². The van der Waals surface area contributed by atoms with E-state index in [1.54, 1.807) is 18.2 Å². The molecule has 0 aliphatic heterocycles. The zero-order valence-electron chi connectivity index (χ0n) is 11.4. The van der Waals surface area contributed by atoms with E-state index in [1.807, 2.05) is 43.3 Å². The number of nitrogens with two attached hydrogens (primary N) is 1. The molecule has 2 aromatic carbocycles. The molecular formula is C15H16ClN3O. The largest absolute Gasteiger partial charge is 0.398 e. The molecule has 2 aromatic rings. The molecule has 0 heterocycles. The average molecular weight is 290 g/mol. The van der Waals surface area contributed by atoms with Crippen LogP contribution in [0.3, 0.4) is 0 Å². The van der Waals surface area contributed by atoms with E-state index in [2.05, 4.69) is 5.32 Å². The molecule has 0 radical (unpaired) electrons. The minimum Gasteiger partial charge on any atom is -0.398 e. The molecule has 0 saturated heterocycles. The van der Waals surface area contributed by atoms with E-state index < -0.39 is 0 Å². The molecule has 5 heteroatoms. The first-order valence-electron chi connectivity index (χ1n) is 6.11. The Bertz CT molecular complexity index is 641. The lowest BCUT2D eigenvalue weighted by molar-refractivity contribution is 0.102. The second-order valence-corrected chi connectivity index (χ2v) is 5.07. The maximum absolute atomic E-state index is 12.2. The van der Waals surface area contributed by atoms with Gasteiger partial charge in [0, 0.05) is 36.2 Å². The van der Waals surface area contributed by atoms with Crippen molar-refractivity contribution in [2.24, 2.45) is 0 Å². The van der Waals surface area contributed by atoms with Gasteiger partial charge in [0.2, 0.25) is 0 Å². The van der Waals surface area contributed by atoms with Crippen LogP contribution in [0.1, 0.15) is 10.4 Å². The molecule has 2 rings (SSSR count). The standard InChI is InChI=1S/C15H16ClN3O/c1-19(2)12-5-3-4-11(9-12)18-15(20)13-7-6-10(16)8-14(13)17/h3-9H,17H2,1-2H3,(H,18,20). The molecule has 1 amide bonds. The highest BCUT2D eigenvalue weighted by molar-refractivity contribution is 6.31. The number of benzene rings is 2. The van der Waals surface area contributed by atoms with Crippen LogP contribution in [0, 0.1) is 0 Å². The highest BCUT2D eigenvalue weighted by Gasteiger charge is 2.10. The van der Waals surface area contributed by atoms with Crippen LogP contribution in [0.15, 0.2) is 42.5 Å². The summed E-state index contributed by atoms with van der Waals surface area (Å²) in [5, 5.41) is 3.33. The van der Waals surface area contributed by atoms with Gasteiger partial charge in [-0.15, -0.1) is 0 Å². The van der Waals surface area contributed by atoms with Crippen LogP contribution in [0.2, 0.25) is 5.02 Å². The van der Waals surface area contributed by atoms with Crippen molar-refractivity contribution < 1.29 is 4.79 Å². The first-order chi connectivity index (χ1) is 9.47. The lowest BCUT2D eigenvalue weighted by Crippen LogP contribution is -2.15. The molecule has 0 fully saturated rings. The summed E-state index contributed by atoms with van der Waals surface area (Å²) in [6.45, 7) is 0. The number of amides is 1. The molecule has 104 valence electrons. The molecule has 0 atom stereocenters. The number of carbonyl (C=O) groups is 1. The number of anilines is 3. The molecule has 0 aromatic heterocycles. The maximum atomic E-state index is 12.2. The topological polar surface area (TPSA) is 58.4 Å². The van der Waals surface area contributed by atoms with Crippen LogP contribution in [-0.2, 0) is 0 Å². The maximum Gasteiger partial charge on any atom is 0.257 e. The Morgan fingerprint density at radius 1 is 1.20 bits per heavy atom. The molecule has 20 heavy (non-hydrogen) atoms. The first kappa shape index (κ1) is 14.2. The van der Waals surface area contributed by atoms with Gasteiger partial charge in [0.15, 0.2) is 0 Å². The van der Waals surface area contributed by atoms with Crippen LogP contribution in [0.5, 0.6) is 0 Å². The number of hydrogen-bond donors (Lipinski definition) is 2. The lowest BCUT2D eigenvalue weighted by atomic mass is 10.1. The van der Waals surface area contributed by atoms with Crippen molar-refractivity contribution in [2.75, 3.05) is 30.0 Å². The van der Waals surface area contributed by atoms with Gasteiger partial charge in [0.1, 0.15) is 0 Å². The van der Waals surface area contributed by atoms with Crippen molar-refractivity contribution in [3.05, 3.63) is 53.1 Å². The third-order valence-electron chi connectivity index (χ3n) is 2.88. The second kappa shape index (κ2) is 5.84. The zero-order chi connectivity index (χ0) is 14.7. The molecule has 3 N–H and O–H groups in total. The molecule has 0 bridgehead atoms. The number of halogens is 1. The predicted molar refractivity (Wildman–Crippen MR) is 84.6 cm³/mol. The predicted octanol–water partition coefficient (Wildman–Crippen LogP) is 3.24. The quantitative estimate of drug-likeness (QED) is 0.853. The van der Waals surface area contributed by atoms with Crippen molar-refractivity contribution in [2.45, 2.75) is 0 Å². The Kier molecular flexibility index (Phi) is 4.15. The summed E-state index contributed by atoms with van der Waals surface area (Å²) >= 11 is 5.82. The smallest absolute Gasteiger partial charge is 0.257 e. The summed E-state index contributed by atoms with van der Waals surface area (Å²) in [6.07, 6.45) is 0. The number of nitrogens with one attached hydrogen (secondary N) is 1. The van der Waals surface area contributed by atoms with Gasteiger partial charge in [-0.25, -0.2) is 0 Å². The minimum absolute atomic E-state index is 0.255. The van der Waals surface area contributed by atoms with Crippen LogP contribution >= 0.6 is 11.6 Å². The highest BCUT2D eigenvalue weighted by atomic mass is 35.5. The average Bonchev–Trinajstić information content (AvgIpc) is 2.38. The van der Waals surface area contributed by atoms with Crippen LogP contribution < -0.4 is 16.0 Å². The highest BCUT2D eigenvalue weighted by Crippen LogP contribution is 2.21. The minimum atomic E-state index is -0.255. The van der Waals surface area contributed by atoms with Crippen LogP contribution in [0.4, 0.5) is 17.1 Å². The van der Waals surface area contributed by atoms with Crippen molar-refractivity contribution in [1.29, 1.82) is 0 Å². The van der Waals surface area contributed by atoms with Crippen molar-refractivity contribution in [3.63, 3.8) is 0 Å². The molecule has 0 saturated carbocycles. The summed E-state index contributed by atoms with van der Waals surface area (Å²) in [6, 6.07) is 12.4. The van der Waals surface area contributed by atoms with Crippen molar-refractivity contribution >= 4 is 34.6 Å². The summed E-state index contributed by atoms with van der Waals surface area (Å²) in [7, 11) is 3.89. The normalized spacial score (nSPS) is 10.2. The van der Waals surface area contributed by atoms with Crippen LogP contribution in [-0.4, -0.2) is 20.0 Å². The summed E-state index contributed by atoms with van der Waals surface area (Å²) < 4.78 is 0. The van der Waals surface area contributed by atoms with E-state index in [0.717, 1.165) is 11.4 Å². The number of carbonyl (C=O) groups excluding carboxylic acids is 1. The summed E-state index contributed by atoms with van der Waals surface area (Å²) in [4.78, 5) is 14.1. The fourth-order valence-electron chi connectivity index (χ4n) is 1.80. The Balaban J connectivity index is 2.21. The molecule has 0 aliphatic carbocycles. The Labute approximate surface area is 123 Å². The monoisotopic (exact) mass is 289 g/mol. The van der Waals surface area contributed by atoms with Crippen molar-refractivity contribution in [1.82, 2.24) is 0 Å². The van der Waals surface area contributed by atoms with E-state index in [4.69, 9.17) is 17.3 Å². The van der Waals surface area contributed by atoms with Crippen LogP contribution in [0.25, 0.3) is 0 Å². The van der Waals surface area contributed by atoms with Gasteiger partial charge in [-0.1, -0.05) is 17.7 Å². The van der Waals surface area contributed by atoms with E-state index in [0.29, 0.717) is 16.3 Å². The Morgan fingerprint density at radius 3 is 2.60 bits per heavy atom. The van der Waals surface area contributed by atoms with Gasteiger partial charge in [0.25, 0.3) is 5.91 Å². The van der Waals surface area contributed by atoms with Gasteiger partial charge < -0.3 is 16.0 Å². The van der Waals surface area contributed by atoms with E-state index in [1.165, 1.54) is 0 Å².